The molecule has 0 amide bonds. The fourth-order valence-corrected chi connectivity index (χ4v) is 1.81. The summed E-state index contributed by atoms with van der Waals surface area (Å²) in [6, 6.07) is 3.51. The summed E-state index contributed by atoms with van der Waals surface area (Å²) in [5, 5.41) is 10.0. The quantitative estimate of drug-likeness (QED) is 0.797. The topological polar surface area (TPSA) is 46.5 Å². The summed E-state index contributed by atoms with van der Waals surface area (Å²) < 4.78 is 4.62. The molecular weight excluding hydrogens is 204 g/mol. The maximum atomic E-state index is 11.4. The van der Waals surface area contributed by atoms with Crippen LogP contribution in [0.3, 0.4) is 0 Å². The second-order valence-electron chi connectivity index (χ2n) is 3.69. The molecule has 0 unspecified atom stereocenters. The Kier molecular flexibility index (Phi) is 4.35. The van der Waals surface area contributed by atoms with E-state index < -0.39 is 5.97 Å². The van der Waals surface area contributed by atoms with Crippen LogP contribution in [0.1, 0.15) is 41.8 Å². The summed E-state index contributed by atoms with van der Waals surface area (Å²) in [6.45, 7) is 4.08. The van der Waals surface area contributed by atoms with Crippen molar-refractivity contribution in [2.24, 2.45) is 0 Å². The van der Waals surface area contributed by atoms with Crippen molar-refractivity contribution in [1.82, 2.24) is 0 Å². The number of hydrogen-bond donors (Lipinski definition) is 1. The van der Waals surface area contributed by atoms with Crippen molar-refractivity contribution in [2.45, 2.75) is 33.1 Å². The molecule has 0 spiro atoms. The molecule has 0 aliphatic rings. The number of aromatic hydroxyl groups is 1. The SMILES string of the molecule is CCCc1c(CC)ccc(C(=O)OC)c1O. The van der Waals surface area contributed by atoms with Gasteiger partial charge in [0.15, 0.2) is 0 Å². The second-order valence-corrected chi connectivity index (χ2v) is 3.69. The molecular formula is C13H18O3. The number of aryl methyl sites for hydroxylation is 1. The number of hydrogen-bond acceptors (Lipinski definition) is 3. The normalized spacial score (nSPS) is 10.2. The van der Waals surface area contributed by atoms with Gasteiger partial charge in [0.1, 0.15) is 11.3 Å². The molecule has 1 aromatic carbocycles. The first kappa shape index (κ1) is 12.6. The third-order valence-electron chi connectivity index (χ3n) is 2.67. The van der Waals surface area contributed by atoms with Crippen LogP contribution in [0.5, 0.6) is 5.75 Å². The van der Waals surface area contributed by atoms with Crippen LogP contribution in [0.2, 0.25) is 0 Å². The maximum Gasteiger partial charge on any atom is 0.341 e. The molecule has 1 aromatic rings. The van der Waals surface area contributed by atoms with Crippen molar-refractivity contribution < 1.29 is 14.6 Å². The van der Waals surface area contributed by atoms with Crippen LogP contribution in [0.4, 0.5) is 0 Å². The van der Waals surface area contributed by atoms with Gasteiger partial charge in [-0.15, -0.1) is 0 Å². The predicted molar refractivity (Wildman–Crippen MR) is 62.8 cm³/mol. The van der Waals surface area contributed by atoms with Crippen molar-refractivity contribution in [2.75, 3.05) is 7.11 Å². The minimum atomic E-state index is -0.488. The van der Waals surface area contributed by atoms with Crippen LogP contribution in [0, 0.1) is 0 Å². The van der Waals surface area contributed by atoms with Crippen LogP contribution < -0.4 is 0 Å². The number of esters is 1. The van der Waals surface area contributed by atoms with Crippen molar-refractivity contribution in [3.05, 3.63) is 28.8 Å². The predicted octanol–water partition coefficient (Wildman–Crippen LogP) is 2.69. The summed E-state index contributed by atoms with van der Waals surface area (Å²) >= 11 is 0. The van der Waals surface area contributed by atoms with Gasteiger partial charge in [0.25, 0.3) is 0 Å². The van der Waals surface area contributed by atoms with Crippen molar-refractivity contribution >= 4 is 5.97 Å². The molecule has 0 aliphatic carbocycles. The Labute approximate surface area is 96.1 Å². The van der Waals surface area contributed by atoms with Gasteiger partial charge < -0.3 is 9.84 Å². The zero-order valence-corrected chi connectivity index (χ0v) is 10.0. The van der Waals surface area contributed by atoms with Crippen molar-refractivity contribution in [1.29, 1.82) is 0 Å². The van der Waals surface area contributed by atoms with Gasteiger partial charge >= 0.3 is 5.97 Å². The Morgan fingerprint density at radius 2 is 2.06 bits per heavy atom. The van der Waals surface area contributed by atoms with Gasteiger partial charge in [-0.05, 0) is 30.0 Å². The van der Waals surface area contributed by atoms with E-state index in [1.54, 1.807) is 6.07 Å². The number of phenols is 1. The highest BCUT2D eigenvalue weighted by molar-refractivity contribution is 5.93. The summed E-state index contributed by atoms with van der Waals surface area (Å²) in [4.78, 5) is 11.4. The first-order valence-corrected chi connectivity index (χ1v) is 5.57. The third-order valence-corrected chi connectivity index (χ3v) is 2.67. The molecule has 88 valence electrons. The zero-order valence-electron chi connectivity index (χ0n) is 10.0. The monoisotopic (exact) mass is 222 g/mol. The lowest BCUT2D eigenvalue weighted by atomic mass is 9.97. The standard InChI is InChI=1S/C13H18O3/c1-4-6-10-9(5-2)7-8-11(12(10)14)13(15)16-3/h7-8,14H,4-6H2,1-3H3. The fourth-order valence-electron chi connectivity index (χ4n) is 1.81. The van der Waals surface area contributed by atoms with Gasteiger partial charge in [-0.25, -0.2) is 4.79 Å². The molecule has 0 aliphatic heterocycles. The van der Waals surface area contributed by atoms with E-state index in [9.17, 15) is 9.90 Å². The number of benzene rings is 1. The minimum absolute atomic E-state index is 0.0769. The minimum Gasteiger partial charge on any atom is -0.507 e. The molecule has 0 aromatic heterocycles. The average molecular weight is 222 g/mol. The van der Waals surface area contributed by atoms with E-state index in [0.29, 0.717) is 0 Å². The molecule has 3 nitrogen and oxygen atoms in total. The molecule has 0 fully saturated rings. The smallest absolute Gasteiger partial charge is 0.341 e. The molecule has 1 rings (SSSR count). The molecule has 0 heterocycles. The summed E-state index contributed by atoms with van der Waals surface area (Å²) in [5.74, 6) is -0.412. The molecule has 1 N–H and O–H groups in total. The number of carbonyl (C=O) groups is 1. The van der Waals surface area contributed by atoms with Crippen LogP contribution in [0.25, 0.3) is 0 Å². The summed E-state index contributed by atoms with van der Waals surface area (Å²) in [6.07, 6.45) is 2.56. The van der Waals surface area contributed by atoms with Crippen LogP contribution in [-0.2, 0) is 17.6 Å². The molecule has 16 heavy (non-hydrogen) atoms. The highest BCUT2D eigenvalue weighted by atomic mass is 16.5. The first-order chi connectivity index (χ1) is 7.65. The summed E-state index contributed by atoms with van der Waals surface area (Å²) in [7, 11) is 1.31. The zero-order chi connectivity index (χ0) is 12.1. The van der Waals surface area contributed by atoms with Gasteiger partial charge in [0.2, 0.25) is 0 Å². The maximum absolute atomic E-state index is 11.4. The molecule has 0 bridgehead atoms. The molecule has 0 saturated heterocycles. The Morgan fingerprint density at radius 3 is 2.56 bits per heavy atom. The lowest BCUT2D eigenvalue weighted by Crippen LogP contribution is -2.05. The van der Waals surface area contributed by atoms with Crippen LogP contribution in [-0.4, -0.2) is 18.2 Å². The van der Waals surface area contributed by atoms with Gasteiger partial charge in [0, 0.05) is 0 Å². The average Bonchev–Trinajstić information content (AvgIpc) is 2.31. The van der Waals surface area contributed by atoms with Gasteiger partial charge in [0.05, 0.1) is 7.11 Å². The lowest BCUT2D eigenvalue weighted by molar-refractivity contribution is 0.0597. The number of ether oxygens (including phenoxy) is 1. The first-order valence-electron chi connectivity index (χ1n) is 5.57. The Bertz CT molecular complexity index is 383. The van der Waals surface area contributed by atoms with E-state index in [1.807, 2.05) is 19.9 Å². The molecule has 3 heteroatoms. The Balaban J connectivity index is 3.25. The highest BCUT2D eigenvalue weighted by Crippen LogP contribution is 2.28. The van der Waals surface area contributed by atoms with Gasteiger partial charge in [-0.2, -0.15) is 0 Å². The van der Waals surface area contributed by atoms with Crippen molar-refractivity contribution in [3.63, 3.8) is 0 Å². The van der Waals surface area contributed by atoms with E-state index in [-0.39, 0.29) is 11.3 Å². The van der Waals surface area contributed by atoms with Crippen molar-refractivity contribution in [3.8, 4) is 5.75 Å². The van der Waals surface area contributed by atoms with E-state index in [1.165, 1.54) is 7.11 Å². The molecule has 0 saturated carbocycles. The fraction of sp³-hybridized carbons (Fsp3) is 0.462. The number of carbonyl (C=O) groups excluding carboxylic acids is 1. The Morgan fingerprint density at radius 1 is 1.38 bits per heavy atom. The molecule has 0 radical (unpaired) electrons. The van der Waals surface area contributed by atoms with Gasteiger partial charge in [-0.3, -0.25) is 0 Å². The number of phenolic OH excluding ortho intramolecular Hbond substituents is 1. The third kappa shape index (κ3) is 2.35. The Hall–Kier alpha value is -1.51. The largest absolute Gasteiger partial charge is 0.507 e. The second kappa shape index (κ2) is 5.54. The van der Waals surface area contributed by atoms with E-state index in [2.05, 4.69) is 4.74 Å². The van der Waals surface area contributed by atoms with E-state index >= 15 is 0 Å². The molecule has 0 atom stereocenters. The van der Waals surface area contributed by atoms with E-state index in [0.717, 1.165) is 30.4 Å². The number of rotatable bonds is 4. The van der Waals surface area contributed by atoms with E-state index in [4.69, 9.17) is 0 Å². The number of methoxy groups -OCH3 is 1. The summed E-state index contributed by atoms with van der Waals surface area (Å²) in [5.41, 5.74) is 2.21. The van der Waals surface area contributed by atoms with Gasteiger partial charge in [-0.1, -0.05) is 26.3 Å². The van der Waals surface area contributed by atoms with Crippen LogP contribution >= 0.6 is 0 Å². The van der Waals surface area contributed by atoms with Crippen LogP contribution in [0.15, 0.2) is 12.1 Å². The highest BCUT2D eigenvalue weighted by Gasteiger charge is 2.16. The lowest BCUT2D eigenvalue weighted by Gasteiger charge is -2.12.